The van der Waals surface area contributed by atoms with Gasteiger partial charge in [0.15, 0.2) is 0 Å². The molecule has 0 saturated heterocycles. The van der Waals surface area contributed by atoms with Gasteiger partial charge < -0.3 is 22.1 Å². The highest BCUT2D eigenvalue weighted by Crippen LogP contribution is 1.97. The second-order valence-electron chi connectivity index (χ2n) is 5.26. The number of rotatable bonds is 16. The van der Waals surface area contributed by atoms with Gasteiger partial charge in [0.25, 0.3) is 0 Å². The lowest BCUT2D eigenvalue weighted by atomic mass is 10.2. The van der Waals surface area contributed by atoms with E-state index in [9.17, 15) is 0 Å². The van der Waals surface area contributed by atoms with E-state index >= 15 is 0 Å². The summed E-state index contributed by atoms with van der Waals surface area (Å²) in [7, 11) is 0. The van der Waals surface area contributed by atoms with Crippen LogP contribution in [0.2, 0.25) is 0 Å². The van der Waals surface area contributed by atoms with Crippen molar-refractivity contribution in [2.45, 2.75) is 57.8 Å². The largest absolute Gasteiger partial charge is 0.330 e. The second kappa shape index (κ2) is 17.8. The molecular weight excluding hydrogens is 236 g/mol. The molecule has 19 heavy (non-hydrogen) atoms. The molecule has 0 rings (SSSR count). The molecule has 116 valence electrons. The molecule has 4 heteroatoms. The third-order valence-corrected chi connectivity index (χ3v) is 3.32. The summed E-state index contributed by atoms with van der Waals surface area (Å²) in [5.74, 6) is 0. The van der Waals surface area contributed by atoms with Crippen LogP contribution in [0, 0.1) is 0 Å². The topological polar surface area (TPSA) is 76.1 Å². The lowest BCUT2D eigenvalue weighted by Gasteiger charge is -2.06. The van der Waals surface area contributed by atoms with Crippen molar-refractivity contribution < 1.29 is 0 Å². The Morgan fingerprint density at radius 2 is 0.789 bits per heavy atom. The van der Waals surface area contributed by atoms with Crippen molar-refractivity contribution in [2.24, 2.45) is 11.5 Å². The Kier molecular flexibility index (Phi) is 17.7. The summed E-state index contributed by atoms with van der Waals surface area (Å²) in [6, 6.07) is 0. The molecule has 0 aliphatic carbocycles. The minimum atomic E-state index is 0.839. The molecular formula is C15H36N4. The summed E-state index contributed by atoms with van der Waals surface area (Å²) < 4.78 is 0. The monoisotopic (exact) mass is 272 g/mol. The standard InChI is InChI=1S/C15H36N4/c16-10-5-1-3-7-12-18-14-9-15-19-13-8-4-2-6-11-17/h18-19H,1-17H2. The Hall–Kier alpha value is -0.160. The van der Waals surface area contributed by atoms with Crippen LogP contribution in [0.3, 0.4) is 0 Å². The summed E-state index contributed by atoms with van der Waals surface area (Å²) >= 11 is 0. The summed E-state index contributed by atoms with van der Waals surface area (Å²) in [4.78, 5) is 0. The van der Waals surface area contributed by atoms with Crippen LogP contribution in [0.1, 0.15) is 57.8 Å². The number of hydrogen-bond acceptors (Lipinski definition) is 4. The third-order valence-electron chi connectivity index (χ3n) is 3.32. The van der Waals surface area contributed by atoms with Crippen molar-refractivity contribution in [1.29, 1.82) is 0 Å². The maximum atomic E-state index is 5.45. The quantitative estimate of drug-likeness (QED) is 0.322. The lowest BCUT2D eigenvalue weighted by Crippen LogP contribution is -2.23. The molecule has 0 spiro atoms. The van der Waals surface area contributed by atoms with E-state index in [1.807, 2.05) is 0 Å². The van der Waals surface area contributed by atoms with Crippen molar-refractivity contribution in [3.63, 3.8) is 0 Å². The van der Waals surface area contributed by atoms with E-state index < -0.39 is 0 Å². The van der Waals surface area contributed by atoms with E-state index in [0.717, 1.165) is 39.3 Å². The summed E-state index contributed by atoms with van der Waals surface area (Å²) in [6.45, 7) is 6.26. The van der Waals surface area contributed by atoms with Gasteiger partial charge in [0, 0.05) is 0 Å². The van der Waals surface area contributed by atoms with E-state index in [2.05, 4.69) is 10.6 Å². The Labute approximate surface area is 120 Å². The summed E-state index contributed by atoms with van der Waals surface area (Å²) in [5, 5.41) is 6.99. The molecule has 0 unspecified atom stereocenters. The van der Waals surface area contributed by atoms with E-state index in [0.29, 0.717) is 0 Å². The minimum Gasteiger partial charge on any atom is -0.330 e. The van der Waals surface area contributed by atoms with Gasteiger partial charge in [-0.1, -0.05) is 25.7 Å². The molecule has 0 aliphatic rings. The smallest absolute Gasteiger partial charge is 0.00368 e. The Bertz CT molecular complexity index is 137. The Morgan fingerprint density at radius 1 is 0.421 bits per heavy atom. The van der Waals surface area contributed by atoms with Gasteiger partial charge in [-0.15, -0.1) is 0 Å². The molecule has 0 fully saturated rings. The molecule has 0 atom stereocenters. The SMILES string of the molecule is NCCCCCCNCCCNCCCCCCN. The maximum Gasteiger partial charge on any atom is -0.00368 e. The Balaban J connectivity index is 2.88. The molecule has 0 bridgehead atoms. The average Bonchev–Trinajstić information content (AvgIpc) is 2.43. The molecule has 0 heterocycles. The first-order chi connectivity index (χ1) is 9.41. The fourth-order valence-electron chi connectivity index (χ4n) is 2.08. The third kappa shape index (κ3) is 17.8. The highest BCUT2D eigenvalue weighted by molar-refractivity contribution is 4.54. The van der Waals surface area contributed by atoms with Crippen LogP contribution in [-0.2, 0) is 0 Å². The maximum absolute atomic E-state index is 5.45. The van der Waals surface area contributed by atoms with Gasteiger partial charge in [-0.2, -0.15) is 0 Å². The van der Waals surface area contributed by atoms with Crippen LogP contribution >= 0.6 is 0 Å². The van der Waals surface area contributed by atoms with Crippen molar-refractivity contribution in [1.82, 2.24) is 10.6 Å². The number of hydrogen-bond donors (Lipinski definition) is 4. The molecule has 0 radical (unpaired) electrons. The van der Waals surface area contributed by atoms with E-state index in [1.165, 1.54) is 57.8 Å². The second-order valence-corrected chi connectivity index (χ2v) is 5.26. The Morgan fingerprint density at radius 3 is 1.21 bits per heavy atom. The van der Waals surface area contributed by atoms with Crippen molar-refractivity contribution in [3.05, 3.63) is 0 Å². The van der Waals surface area contributed by atoms with Crippen LogP contribution in [0.5, 0.6) is 0 Å². The van der Waals surface area contributed by atoms with Gasteiger partial charge in [-0.25, -0.2) is 0 Å². The predicted molar refractivity (Wildman–Crippen MR) is 85.4 cm³/mol. The fraction of sp³-hybridized carbons (Fsp3) is 1.00. The van der Waals surface area contributed by atoms with E-state index in [-0.39, 0.29) is 0 Å². The van der Waals surface area contributed by atoms with E-state index in [4.69, 9.17) is 11.5 Å². The highest BCUT2D eigenvalue weighted by atomic mass is 14.9. The van der Waals surface area contributed by atoms with Gasteiger partial charge in [0.05, 0.1) is 0 Å². The molecule has 4 nitrogen and oxygen atoms in total. The zero-order valence-electron chi connectivity index (χ0n) is 12.8. The van der Waals surface area contributed by atoms with Gasteiger partial charge in [0.1, 0.15) is 0 Å². The number of nitrogens with two attached hydrogens (primary N) is 2. The highest BCUT2D eigenvalue weighted by Gasteiger charge is 1.92. The van der Waals surface area contributed by atoms with Crippen molar-refractivity contribution in [3.8, 4) is 0 Å². The normalized spacial score (nSPS) is 11.1. The lowest BCUT2D eigenvalue weighted by molar-refractivity contribution is 0.547. The van der Waals surface area contributed by atoms with Gasteiger partial charge in [-0.3, -0.25) is 0 Å². The average molecular weight is 272 g/mol. The predicted octanol–water partition coefficient (Wildman–Crippen LogP) is 1.59. The molecule has 0 aromatic heterocycles. The van der Waals surface area contributed by atoms with Crippen LogP contribution in [0.15, 0.2) is 0 Å². The van der Waals surface area contributed by atoms with E-state index in [1.54, 1.807) is 0 Å². The first kappa shape index (κ1) is 18.8. The van der Waals surface area contributed by atoms with Crippen molar-refractivity contribution in [2.75, 3.05) is 39.3 Å². The zero-order chi connectivity index (χ0) is 14.0. The first-order valence-electron chi connectivity index (χ1n) is 8.23. The molecule has 0 saturated carbocycles. The van der Waals surface area contributed by atoms with Crippen LogP contribution < -0.4 is 22.1 Å². The number of unbranched alkanes of at least 4 members (excludes halogenated alkanes) is 6. The molecule has 0 amide bonds. The molecule has 6 N–H and O–H groups in total. The van der Waals surface area contributed by atoms with Gasteiger partial charge >= 0.3 is 0 Å². The molecule has 0 aromatic rings. The number of nitrogens with one attached hydrogen (secondary N) is 2. The first-order valence-corrected chi connectivity index (χ1v) is 8.23. The van der Waals surface area contributed by atoms with Crippen molar-refractivity contribution >= 4 is 0 Å². The van der Waals surface area contributed by atoms with Crippen LogP contribution in [-0.4, -0.2) is 39.3 Å². The summed E-state index contributed by atoms with van der Waals surface area (Å²) in [5.41, 5.74) is 10.9. The molecule has 0 aromatic carbocycles. The van der Waals surface area contributed by atoms with Gasteiger partial charge in [-0.05, 0) is 71.4 Å². The summed E-state index contributed by atoms with van der Waals surface area (Å²) in [6.07, 6.45) is 11.3. The van der Waals surface area contributed by atoms with Gasteiger partial charge in [0.2, 0.25) is 0 Å². The minimum absolute atomic E-state index is 0.839. The fourth-order valence-corrected chi connectivity index (χ4v) is 2.08. The zero-order valence-corrected chi connectivity index (χ0v) is 12.8. The van der Waals surface area contributed by atoms with Crippen LogP contribution in [0.25, 0.3) is 0 Å². The molecule has 0 aliphatic heterocycles. The van der Waals surface area contributed by atoms with Crippen LogP contribution in [0.4, 0.5) is 0 Å².